The van der Waals surface area contributed by atoms with Gasteiger partial charge in [0.15, 0.2) is 0 Å². The molecule has 17 heavy (non-hydrogen) atoms. The van der Waals surface area contributed by atoms with Gasteiger partial charge in [-0.15, -0.1) is 0 Å². The maximum Gasteiger partial charge on any atom is 0.137 e. The molecule has 2 unspecified atom stereocenters. The first-order valence-corrected chi connectivity index (χ1v) is 6.13. The van der Waals surface area contributed by atoms with Crippen LogP contribution < -0.4 is 5.32 Å². The molecule has 0 saturated carbocycles. The van der Waals surface area contributed by atoms with Crippen LogP contribution in [0.4, 0.5) is 0 Å². The van der Waals surface area contributed by atoms with Crippen LogP contribution in [0.3, 0.4) is 0 Å². The van der Waals surface area contributed by atoms with Crippen molar-refractivity contribution in [3.8, 4) is 0 Å². The Bertz CT molecular complexity index is 305. The smallest absolute Gasteiger partial charge is 0.137 e. The summed E-state index contributed by atoms with van der Waals surface area (Å²) in [7, 11) is 0. The van der Waals surface area contributed by atoms with Crippen LogP contribution in [0, 0.1) is 5.41 Å². The highest BCUT2D eigenvalue weighted by molar-refractivity contribution is 4.76. The zero-order chi connectivity index (χ0) is 12.9. The van der Waals surface area contributed by atoms with Crippen molar-refractivity contribution in [2.24, 2.45) is 5.41 Å². The molecule has 2 atom stereocenters. The van der Waals surface area contributed by atoms with Crippen molar-refractivity contribution in [2.75, 3.05) is 6.54 Å². The number of aromatic nitrogens is 3. The van der Waals surface area contributed by atoms with Crippen LogP contribution in [-0.4, -0.2) is 38.6 Å². The number of rotatable bonds is 6. The van der Waals surface area contributed by atoms with Gasteiger partial charge in [0.25, 0.3) is 0 Å². The van der Waals surface area contributed by atoms with E-state index in [0.717, 1.165) is 13.0 Å². The number of nitrogens with zero attached hydrogens (tertiary/aromatic N) is 3. The van der Waals surface area contributed by atoms with Gasteiger partial charge in [-0.05, 0) is 18.8 Å². The van der Waals surface area contributed by atoms with Gasteiger partial charge in [-0.25, -0.2) is 4.98 Å². The highest BCUT2D eigenvalue weighted by Crippen LogP contribution is 2.18. The maximum absolute atomic E-state index is 9.90. The second-order valence-corrected chi connectivity index (χ2v) is 5.64. The molecule has 1 heterocycles. The minimum absolute atomic E-state index is 0.0708. The molecule has 0 radical (unpaired) electrons. The fourth-order valence-electron chi connectivity index (χ4n) is 1.40. The average molecular weight is 240 g/mol. The highest BCUT2D eigenvalue weighted by atomic mass is 16.3. The van der Waals surface area contributed by atoms with Gasteiger partial charge >= 0.3 is 0 Å². The standard InChI is InChI=1S/C12H24N4O/c1-10(5-6-16-9-13-8-15-16)14-7-11(17)12(2,3)4/h8-11,14,17H,5-7H2,1-4H3. The molecule has 0 saturated heterocycles. The summed E-state index contributed by atoms with van der Waals surface area (Å²) in [5.41, 5.74) is -0.0708. The summed E-state index contributed by atoms with van der Waals surface area (Å²) in [6.45, 7) is 9.71. The zero-order valence-electron chi connectivity index (χ0n) is 11.2. The lowest BCUT2D eigenvalue weighted by Gasteiger charge is -2.27. The molecule has 0 bridgehead atoms. The topological polar surface area (TPSA) is 63.0 Å². The van der Waals surface area contributed by atoms with Crippen molar-refractivity contribution in [3.63, 3.8) is 0 Å². The van der Waals surface area contributed by atoms with E-state index in [0.29, 0.717) is 12.6 Å². The maximum atomic E-state index is 9.90. The van der Waals surface area contributed by atoms with Gasteiger partial charge in [-0.3, -0.25) is 4.68 Å². The quantitative estimate of drug-likeness (QED) is 0.780. The summed E-state index contributed by atoms with van der Waals surface area (Å²) in [6.07, 6.45) is 3.91. The number of nitrogens with one attached hydrogen (secondary N) is 1. The Morgan fingerprint density at radius 1 is 1.41 bits per heavy atom. The van der Waals surface area contributed by atoms with Crippen molar-refractivity contribution in [2.45, 2.75) is 52.8 Å². The average Bonchev–Trinajstić information content (AvgIpc) is 2.74. The third kappa shape index (κ3) is 5.28. The van der Waals surface area contributed by atoms with E-state index in [2.05, 4.69) is 22.3 Å². The van der Waals surface area contributed by atoms with Gasteiger partial charge in [0.2, 0.25) is 0 Å². The summed E-state index contributed by atoms with van der Waals surface area (Å²) in [5.74, 6) is 0. The fourth-order valence-corrected chi connectivity index (χ4v) is 1.40. The van der Waals surface area contributed by atoms with E-state index in [4.69, 9.17) is 0 Å². The SMILES string of the molecule is CC(CCn1cncn1)NCC(O)C(C)(C)C. The molecule has 1 aromatic rings. The molecule has 0 spiro atoms. The lowest BCUT2D eigenvalue weighted by molar-refractivity contribution is 0.0605. The molecule has 5 nitrogen and oxygen atoms in total. The summed E-state index contributed by atoms with van der Waals surface area (Å²) < 4.78 is 1.82. The van der Waals surface area contributed by atoms with Gasteiger partial charge in [0, 0.05) is 19.1 Å². The van der Waals surface area contributed by atoms with Crippen molar-refractivity contribution >= 4 is 0 Å². The Hall–Kier alpha value is -0.940. The van der Waals surface area contributed by atoms with E-state index in [1.165, 1.54) is 0 Å². The normalized spacial score (nSPS) is 15.8. The molecule has 0 amide bonds. The van der Waals surface area contributed by atoms with Crippen molar-refractivity contribution in [3.05, 3.63) is 12.7 Å². The van der Waals surface area contributed by atoms with Crippen LogP contribution in [0.15, 0.2) is 12.7 Å². The molecular weight excluding hydrogens is 216 g/mol. The van der Waals surface area contributed by atoms with Crippen molar-refractivity contribution in [1.29, 1.82) is 0 Å². The molecule has 2 N–H and O–H groups in total. The van der Waals surface area contributed by atoms with Gasteiger partial charge in [0.1, 0.15) is 12.7 Å². The first-order chi connectivity index (χ1) is 7.89. The molecule has 0 aliphatic heterocycles. The van der Waals surface area contributed by atoms with Crippen LogP contribution in [0.2, 0.25) is 0 Å². The van der Waals surface area contributed by atoms with Crippen LogP contribution in [-0.2, 0) is 6.54 Å². The van der Waals surface area contributed by atoms with E-state index in [-0.39, 0.29) is 11.5 Å². The van der Waals surface area contributed by atoms with Gasteiger partial charge in [0.05, 0.1) is 6.10 Å². The fraction of sp³-hybridized carbons (Fsp3) is 0.833. The Morgan fingerprint density at radius 3 is 2.65 bits per heavy atom. The second-order valence-electron chi connectivity index (χ2n) is 5.64. The summed E-state index contributed by atoms with van der Waals surface area (Å²) in [6, 6.07) is 0.358. The second kappa shape index (κ2) is 6.12. The lowest BCUT2D eigenvalue weighted by atomic mass is 9.89. The number of aryl methyl sites for hydroxylation is 1. The zero-order valence-corrected chi connectivity index (χ0v) is 11.2. The minimum atomic E-state index is -0.323. The van der Waals surface area contributed by atoms with Gasteiger partial charge in [-0.2, -0.15) is 5.10 Å². The summed E-state index contributed by atoms with van der Waals surface area (Å²) in [4.78, 5) is 3.90. The first kappa shape index (κ1) is 14.1. The molecule has 5 heteroatoms. The Balaban J connectivity index is 2.19. The molecule has 0 fully saturated rings. The highest BCUT2D eigenvalue weighted by Gasteiger charge is 2.21. The monoisotopic (exact) mass is 240 g/mol. The number of hydrogen-bond acceptors (Lipinski definition) is 4. The van der Waals surface area contributed by atoms with E-state index < -0.39 is 0 Å². The summed E-state index contributed by atoms with van der Waals surface area (Å²) in [5, 5.41) is 17.3. The summed E-state index contributed by atoms with van der Waals surface area (Å²) >= 11 is 0. The molecule has 98 valence electrons. The molecular formula is C12H24N4O. The van der Waals surface area contributed by atoms with Crippen molar-refractivity contribution in [1.82, 2.24) is 20.1 Å². The molecule has 1 rings (SSSR count). The van der Waals surface area contributed by atoms with E-state index in [1.54, 1.807) is 12.7 Å². The van der Waals surface area contributed by atoms with Crippen LogP contribution >= 0.6 is 0 Å². The Labute approximate surface area is 103 Å². The third-order valence-electron chi connectivity index (χ3n) is 2.92. The lowest BCUT2D eigenvalue weighted by Crippen LogP contribution is -2.40. The molecule has 0 aliphatic carbocycles. The largest absolute Gasteiger partial charge is 0.391 e. The van der Waals surface area contributed by atoms with Crippen molar-refractivity contribution < 1.29 is 5.11 Å². The molecule has 1 aromatic heterocycles. The van der Waals surface area contributed by atoms with Gasteiger partial charge in [-0.1, -0.05) is 20.8 Å². The Kier molecular flexibility index (Phi) is 5.08. The van der Waals surface area contributed by atoms with Gasteiger partial charge < -0.3 is 10.4 Å². The predicted octanol–water partition coefficient (Wildman–Crippen LogP) is 1.05. The minimum Gasteiger partial charge on any atom is -0.391 e. The number of hydrogen-bond donors (Lipinski definition) is 2. The molecule has 0 aromatic carbocycles. The van der Waals surface area contributed by atoms with Crippen LogP contribution in [0.5, 0.6) is 0 Å². The number of aliphatic hydroxyl groups is 1. The van der Waals surface area contributed by atoms with E-state index in [1.807, 2.05) is 25.5 Å². The third-order valence-corrected chi connectivity index (χ3v) is 2.92. The van der Waals surface area contributed by atoms with E-state index >= 15 is 0 Å². The van der Waals surface area contributed by atoms with E-state index in [9.17, 15) is 5.11 Å². The number of aliphatic hydroxyl groups excluding tert-OH is 1. The van der Waals surface area contributed by atoms with Crippen LogP contribution in [0.25, 0.3) is 0 Å². The first-order valence-electron chi connectivity index (χ1n) is 6.13. The molecule has 0 aliphatic rings. The predicted molar refractivity (Wildman–Crippen MR) is 67.6 cm³/mol. The van der Waals surface area contributed by atoms with Crippen LogP contribution in [0.1, 0.15) is 34.1 Å². The Morgan fingerprint density at radius 2 is 2.12 bits per heavy atom.